The Kier molecular flexibility index (Phi) is 4.83. The number of nitrogens with one attached hydrogen (secondary N) is 3. The van der Waals surface area contributed by atoms with Crippen LogP contribution in [0.3, 0.4) is 0 Å². The van der Waals surface area contributed by atoms with Gasteiger partial charge < -0.3 is 16.0 Å². The lowest BCUT2D eigenvalue weighted by atomic mass is 10.1. The summed E-state index contributed by atoms with van der Waals surface area (Å²) < 4.78 is 0. The van der Waals surface area contributed by atoms with E-state index in [1.54, 1.807) is 6.07 Å². The molecule has 25 heavy (non-hydrogen) atoms. The number of amides is 2. The van der Waals surface area contributed by atoms with E-state index in [2.05, 4.69) is 15.6 Å². The van der Waals surface area contributed by atoms with Gasteiger partial charge in [0.2, 0.25) is 0 Å². The molecule has 5 N–H and O–H groups in total. The fraction of sp³-hybridized carbons (Fsp3) is 0.278. The van der Waals surface area contributed by atoms with E-state index in [9.17, 15) is 4.79 Å². The molecule has 1 atom stereocenters. The van der Waals surface area contributed by atoms with E-state index in [-0.39, 0.29) is 16.4 Å². The van der Waals surface area contributed by atoms with Crippen molar-refractivity contribution in [1.29, 1.82) is 5.41 Å². The number of anilines is 2. The lowest BCUT2D eigenvalue weighted by molar-refractivity contribution is 0.249. The van der Waals surface area contributed by atoms with Gasteiger partial charge in [-0.1, -0.05) is 30.3 Å². The second-order valence-corrected chi connectivity index (χ2v) is 6.08. The van der Waals surface area contributed by atoms with Crippen molar-refractivity contribution in [3.05, 3.63) is 53.7 Å². The van der Waals surface area contributed by atoms with Crippen LogP contribution >= 0.6 is 0 Å². The Morgan fingerprint density at radius 2 is 2.08 bits per heavy atom. The van der Waals surface area contributed by atoms with Crippen LogP contribution in [0, 0.1) is 5.41 Å². The molecule has 2 heterocycles. The Labute approximate surface area is 151 Å². The fourth-order valence-corrected chi connectivity index (χ4v) is 2.62. The molecule has 1 fully saturated rings. The van der Waals surface area contributed by atoms with Gasteiger partial charge in [0.15, 0.2) is 0 Å². The average molecular weight is 344 g/mol. The van der Waals surface area contributed by atoms with Gasteiger partial charge in [-0.3, -0.25) is 10.7 Å². The van der Waals surface area contributed by atoms with Crippen LogP contribution in [0.4, 0.5) is 16.3 Å². The largest absolute Gasteiger partial charge is 0.398 e. The fourth-order valence-electron chi connectivity index (χ4n) is 2.62. The summed E-state index contributed by atoms with van der Waals surface area (Å²) in [5, 5.41) is 13.7. The number of carbonyl (C=O) groups is 1. The molecule has 7 nitrogen and oxygen atoms in total. The van der Waals surface area contributed by atoms with Crippen LogP contribution in [0.5, 0.6) is 0 Å². The van der Waals surface area contributed by atoms with Gasteiger partial charge in [0, 0.05) is 35.3 Å². The first-order chi connectivity index (χ1) is 12.0. The number of aromatic nitrogens is 1. The first kappa shape index (κ1) is 16.8. The smallest absolute Gasteiger partial charge is 0.320 e. The Balaban J connectivity index is 0.00000243. The maximum atomic E-state index is 12.1. The van der Waals surface area contributed by atoms with Gasteiger partial charge in [0.25, 0.3) is 0 Å². The topological polar surface area (TPSA) is 107 Å². The van der Waals surface area contributed by atoms with E-state index >= 15 is 0 Å². The van der Waals surface area contributed by atoms with E-state index in [1.807, 2.05) is 42.2 Å². The predicted molar refractivity (Wildman–Crippen MR) is 105 cm³/mol. The van der Waals surface area contributed by atoms with Crippen molar-refractivity contribution >= 4 is 23.4 Å². The molecule has 1 aliphatic heterocycles. The van der Waals surface area contributed by atoms with Gasteiger partial charge in [-0.05, 0) is 18.9 Å². The second kappa shape index (κ2) is 7.21. The van der Waals surface area contributed by atoms with Crippen LogP contribution in [-0.2, 0) is 0 Å². The SMILES string of the molecule is C[C@@H](NC(=O)Nc1cc(N)c(C(=N)N2CCC2)cn1)c1ccccc1.[HH].[HH].[HH]. The zero-order valence-electron chi connectivity index (χ0n) is 14.1. The summed E-state index contributed by atoms with van der Waals surface area (Å²) in [6, 6.07) is 10.8. The molecule has 0 unspecified atom stereocenters. The lowest BCUT2D eigenvalue weighted by Gasteiger charge is -2.33. The van der Waals surface area contributed by atoms with Gasteiger partial charge in [-0.15, -0.1) is 0 Å². The molecule has 3 rings (SSSR count). The van der Waals surface area contributed by atoms with Gasteiger partial charge in [0.1, 0.15) is 11.7 Å². The standard InChI is InChI=1S/C18H22N6O.3H2/c1-12(13-6-3-2-4-7-13)22-18(25)23-16-10-15(19)14(11-21-16)17(20)24-8-5-9-24;;;/h2-4,6-7,10-12,20H,5,8-9H2,1H3,(H4,19,21,22,23,25);3*1H/t12-;;;/m1.../s1. The molecule has 7 heteroatoms. The number of nitrogen functional groups attached to an aromatic ring is 1. The summed E-state index contributed by atoms with van der Waals surface area (Å²) in [7, 11) is 0. The Morgan fingerprint density at radius 1 is 1.36 bits per heavy atom. The Bertz CT molecular complexity index is 786. The van der Waals surface area contributed by atoms with Crippen LogP contribution < -0.4 is 16.4 Å². The highest BCUT2D eigenvalue weighted by atomic mass is 16.2. The molecular weight excluding hydrogens is 316 g/mol. The van der Waals surface area contributed by atoms with Crippen LogP contribution in [0.2, 0.25) is 0 Å². The maximum Gasteiger partial charge on any atom is 0.320 e. The van der Waals surface area contributed by atoms with E-state index in [0.717, 1.165) is 25.1 Å². The molecule has 0 aliphatic carbocycles. The van der Waals surface area contributed by atoms with Gasteiger partial charge in [-0.25, -0.2) is 9.78 Å². The normalized spacial score (nSPS) is 14.4. The Hall–Kier alpha value is -3.09. The van der Waals surface area contributed by atoms with Crippen LogP contribution in [0.25, 0.3) is 0 Å². The third-order valence-corrected chi connectivity index (χ3v) is 4.25. The number of pyridine rings is 1. The molecular formula is C18H28N6O. The highest BCUT2D eigenvalue weighted by Crippen LogP contribution is 2.20. The van der Waals surface area contributed by atoms with Crippen molar-refractivity contribution in [1.82, 2.24) is 15.2 Å². The molecule has 2 amide bonds. The third-order valence-electron chi connectivity index (χ3n) is 4.25. The monoisotopic (exact) mass is 344 g/mol. The number of hydrogen-bond acceptors (Lipinski definition) is 4. The van der Waals surface area contributed by atoms with Crippen LogP contribution in [0.15, 0.2) is 42.6 Å². The van der Waals surface area contributed by atoms with E-state index in [4.69, 9.17) is 11.1 Å². The van der Waals surface area contributed by atoms with Crippen molar-refractivity contribution in [3.8, 4) is 0 Å². The highest BCUT2D eigenvalue weighted by Gasteiger charge is 2.20. The molecule has 1 saturated heterocycles. The summed E-state index contributed by atoms with van der Waals surface area (Å²) in [4.78, 5) is 18.3. The van der Waals surface area contributed by atoms with Crippen molar-refractivity contribution in [2.45, 2.75) is 19.4 Å². The molecule has 1 aliphatic rings. The quantitative estimate of drug-likeness (QED) is 0.504. The third kappa shape index (κ3) is 3.88. The maximum absolute atomic E-state index is 12.1. The molecule has 0 spiro atoms. The first-order valence-corrected chi connectivity index (χ1v) is 8.26. The van der Waals surface area contributed by atoms with E-state index < -0.39 is 0 Å². The van der Waals surface area contributed by atoms with Crippen LogP contribution in [-0.4, -0.2) is 34.8 Å². The Morgan fingerprint density at radius 3 is 2.68 bits per heavy atom. The summed E-state index contributed by atoms with van der Waals surface area (Å²) in [6.07, 6.45) is 2.63. The number of rotatable bonds is 4. The van der Waals surface area contributed by atoms with Crippen molar-refractivity contribution in [2.75, 3.05) is 24.1 Å². The summed E-state index contributed by atoms with van der Waals surface area (Å²) in [5.41, 5.74) is 8.06. The average Bonchev–Trinajstić information content (AvgIpc) is 2.54. The summed E-state index contributed by atoms with van der Waals surface area (Å²) >= 11 is 0. The first-order valence-electron chi connectivity index (χ1n) is 8.26. The molecule has 0 bridgehead atoms. The molecule has 0 saturated carbocycles. The highest BCUT2D eigenvalue weighted by molar-refractivity contribution is 6.01. The van der Waals surface area contributed by atoms with Gasteiger partial charge in [0.05, 0.1) is 11.6 Å². The minimum absolute atomic E-state index is 0. The zero-order valence-corrected chi connectivity index (χ0v) is 14.1. The van der Waals surface area contributed by atoms with E-state index in [1.165, 1.54) is 6.20 Å². The summed E-state index contributed by atoms with van der Waals surface area (Å²) in [6.45, 7) is 3.66. The molecule has 1 aromatic carbocycles. The molecule has 0 radical (unpaired) electrons. The number of nitrogens with zero attached hydrogens (tertiary/aromatic N) is 2. The van der Waals surface area contributed by atoms with Crippen LogP contribution in [0.1, 0.15) is 34.8 Å². The van der Waals surface area contributed by atoms with Crippen molar-refractivity contribution in [2.24, 2.45) is 0 Å². The number of benzene rings is 1. The minimum atomic E-state index is -0.353. The molecule has 2 aromatic rings. The zero-order chi connectivity index (χ0) is 17.8. The number of carbonyl (C=O) groups excluding carboxylic acids is 1. The van der Waals surface area contributed by atoms with Gasteiger partial charge in [-0.2, -0.15) is 0 Å². The molecule has 1 aromatic heterocycles. The number of amidine groups is 1. The van der Waals surface area contributed by atoms with Crippen molar-refractivity contribution in [3.63, 3.8) is 0 Å². The predicted octanol–water partition coefficient (Wildman–Crippen LogP) is 3.32. The number of nitrogens with two attached hydrogens (primary N) is 1. The second-order valence-electron chi connectivity index (χ2n) is 6.08. The van der Waals surface area contributed by atoms with Gasteiger partial charge >= 0.3 is 6.03 Å². The number of hydrogen-bond donors (Lipinski definition) is 4. The van der Waals surface area contributed by atoms with Crippen molar-refractivity contribution < 1.29 is 9.07 Å². The summed E-state index contributed by atoms with van der Waals surface area (Å²) in [5.74, 6) is 0.736. The minimum Gasteiger partial charge on any atom is -0.398 e. The molecule has 136 valence electrons. The number of likely N-dealkylation sites (tertiary alicyclic amines) is 1. The lowest BCUT2D eigenvalue weighted by Crippen LogP contribution is -2.42. The van der Waals surface area contributed by atoms with E-state index in [0.29, 0.717) is 22.9 Å². The number of urea groups is 1.